The third kappa shape index (κ3) is 2.03. The van der Waals surface area contributed by atoms with Gasteiger partial charge in [0.25, 0.3) is 0 Å². The zero-order chi connectivity index (χ0) is 13.2. The zero-order valence-electron chi connectivity index (χ0n) is 10.3. The van der Waals surface area contributed by atoms with Crippen LogP contribution in [-0.4, -0.2) is 20.3 Å². The van der Waals surface area contributed by atoms with Crippen molar-refractivity contribution in [2.24, 2.45) is 4.99 Å². The maximum atomic E-state index is 14.2. The van der Waals surface area contributed by atoms with Gasteiger partial charge in [0.15, 0.2) is 11.6 Å². The lowest BCUT2D eigenvalue weighted by atomic mass is 10.0. The highest BCUT2D eigenvalue weighted by Gasteiger charge is 2.47. The second-order valence-corrected chi connectivity index (χ2v) is 4.29. The summed E-state index contributed by atoms with van der Waals surface area (Å²) in [5.74, 6) is -0.315. The molecule has 2 rings (SSSR count). The Balaban J connectivity index is 2.49. The lowest BCUT2D eigenvalue weighted by Crippen LogP contribution is -2.08. The Kier molecular flexibility index (Phi) is 3.45. The molecule has 0 unspecified atom stereocenters. The van der Waals surface area contributed by atoms with Crippen molar-refractivity contribution in [2.45, 2.75) is 25.0 Å². The average molecular weight is 251 g/mol. The highest BCUT2D eigenvalue weighted by Crippen LogP contribution is 2.52. The first-order valence-electron chi connectivity index (χ1n) is 5.62. The standard InChI is InChI=1S/C13H14FNO3/c1-17-7-9-3-4-10(12(18-2)11(9)14)13(5-6-13)15-8-16/h3-4H,5-7H2,1-2H3. The third-order valence-corrected chi connectivity index (χ3v) is 3.17. The molecule has 0 aromatic heterocycles. The molecule has 1 aliphatic rings. The molecule has 4 nitrogen and oxygen atoms in total. The van der Waals surface area contributed by atoms with E-state index in [0.717, 1.165) is 0 Å². The van der Waals surface area contributed by atoms with Crippen LogP contribution in [0.25, 0.3) is 0 Å². The number of carbonyl (C=O) groups excluding carboxylic acids is 1. The van der Waals surface area contributed by atoms with Crippen LogP contribution in [0.2, 0.25) is 0 Å². The number of hydrogen-bond donors (Lipinski definition) is 0. The fraction of sp³-hybridized carbons (Fsp3) is 0.462. The Morgan fingerprint density at radius 3 is 2.67 bits per heavy atom. The Hall–Kier alpha value is -1.71. The average Bonchev–Trinajstić information content (AvgIpc) is 3.13. The second-order valence-electron chi connectivity index (χ2n) is 4.29. The van der Waals surface area contributed by atoms with E-state index in [2.05, 4.69) is 4.99 Å². The van der Waals surface area contributed by atoms with Crippen molar-refractivity contribution in [3.63, 3.8) is 0 Å². The highest BCUT2D eigenvalue weighted by atomic mass is 19.1. The van der Waals surface area contributed by atoms with Gasteiger partial charge in [-0.05, 0) is 12.8 Å². The smallest absolute Gasteiger partial charge is 0.235 e. The Morgan fingerprint density at radius 1 is 1.44 bits per heavy atom. The first-order valence-corrected chi connectivity index (χ1v) is 5.62. The molecule has 1 aromatic carbocycles. The Morgan fingerprint density at radius 2 is 2.17 bits per heavy atom. The largest absolute Gasteiger partial charge is 0.493 e. The van der Waals surface area contributed by atoms with Gasteiger partial charge in [-0.25, -0.2) is 9.18 Å². The van der Waals surface area contributed by atoms with E-state index in [-0.39, 0.29) is 12.4 Å². The van der Waals surface area contributed by atoms with Gasteiger partial charge in [-0.15, -0.1) is 0 Å². The predicted molar refractivity (Wildman–Crippen MR) is 62.7 cm³/mol. The number of benzene rings is 1. The summed E-state index contributed by atoms with van der Waals surface area (Å²) in [6.07, 6.45) is 2.97. The van der Waals surface area contributed by atoms with Crippen LogP contribution in [0.15, 0.2) is 17.1 Å². The van der Waals surface area contributed by atoms with Crippen molar-refractivity contribution in [1.29, 1.82) is 0 Å². The van der Waals surface area contributed by atoms with Crippen molar-refractivity contribution in [1.82, 2.24) is 0 Å². The highest BCUT2D eigenvalue weighted by molar-refractivity contribution is 5.49. The van der Waals surface area contributed by atoms with E-state index < -0.39 is 11.4 Å². The quantitative estimate of drug-likeness (QED) is 0.596. The summed E-state index contributed by atoms with van der Waals surface area (Å²) < 4.78 is 24.2. The molecule has 1 aliphatic carbocycles. The maximum Gasteiger partial charge on any atom is 0.235 e. The second kappa shape index (κ2) is 4.88. The number of methoxy groups -OCH3 is 2. The van der Waals surface area contributed by atoms with Gasteiger partial charge in [-0.2, -0.15) is 4.99 Å². The van der Waals surface area contributed by atoms with E-state index in [1.165, 1.54) is 14.2 Å². The van der Waals surface area contributed by atoms with E-state index in [4.69, 9.17) is 9.47 Å². The van der Waals surface area contributed by atoms with Gasteiger partial charge in [0.05, 0.1) is 13.7 Å². The van der Waals surface area contributed by atoms with E-state index in [1.54, 1.807) is 18.2 Å². The number of isocyanates is 1. The zero-order valence-corrected chi connectivity index (χ0v) is 10.3. The molecule has 0 spiro atoms. The molecule has 1 saturated carbocycles. The molecule has 1 aromatic rings. The van der Waals surface area contributed by atoms with Gasteiger partial charge < -0.3 is 9.47 Å². The Labute approximate surface area is 104 Å². The molecule has 0 aliphatic heterocycles. The van der Waals surface area contributed by atoms with Crippen LogP contribution in [-0.2, 0) is 21.7 Å². The summed E-state index contributed by atoms with van der Waals surface area (Å²) in [7, 11) is 2.90. The normalized spacial score (nSPS) is 15.9. The predicted octanol–water partition coefficient (Wildman–Crippen LogP) is 2.31. The number of halogens is 1. The molecule has 96 valence electrons. The van der Waals surface area contributed by atoms with Crippen LogP contribution >= 0.6 is 0 Å². The molecule has 0 amide bonds. The maximum absolute atomic E-state index is 14.2. The minimum atomic E-state index is -0.639. The number of ether oxygens (including phenoxy) is 2. The molecular formula is C13H14FNO3. The third-order valence-electron chi connectivity index (χ3n) is 3.17. The van der Waals surface area contributed by atoms with Gasteiger partial charge in [0.2, 0.25) is 6.08 Å². The van der Waals surface area contributed by atoms with Gasteiger partial charge in [-0.3, -0.25) is 0 Å². The summed E-state index contributed by atoms with van der Waals surface area (Å²) in [4.78, 5) is 14.2. The molecule has 0 radical (unpaired) electrons. The van der Waals surface area contributed by atoms with Crippen LogP contribution in [0.3, 0.4) is 0 Å². The van der Waals surface area contributed by atoms with Gasteiger partial charge in [0.1, 0.15) is 5.54 Å². The number of nitrogens with zero attached hydrogens (tertiary/aromatic N) is 1. The molecule has 0 atom stereocenters. The van der Waals surface area contributed by atoms with Crippen molar-refractivity contribution in [2.75, 3.05) is 14.2 Å². The molecular weight excluding hydrogens is 237 g/mol. The van der Waals surface area contributed by atoms with Crippen LogP contribution in [0.4, 0.5) is 4.39 Å². The van der Waals surface area contributed by atoms with Gasteiger partial charge >= 0.3 is 0 Å². The summed E-state index contributed by atoms with van der Waals surface area (Å²) in [6.45, 7) is 0.173. The minimum absolute atomic E-state index is 0.140. The molecule has 0 heterocycles. The molecule has 0 saturated heterocycles. The Bertz CT molecular complexity index is 505. The van der Waals surface area contributed by atoms with Crippen molar-refractivity contribution in [3.8, 4) is 5.75 Å². The van der Waals surface area contributed by atoms with E-state index in [9.17, 15) is 9.18 Å². The summed E-state index contributed by atoms with van der Waals surface area (Å²) >= 11 is 0. The van der Waals surface area contributed by atoms with Crippen LogP contribution in [0, 0.1) is 5.82 Å². The number of aliphatic imine (C=N–C) groups is 1. The van der Waals surface area contributed by atoms with Crippen molar-refractivity contribution in [3.05, 3.63) is 29.1 Å². The number of rotatable bonds is 5. The van der Waals surface area contributed by atoms with Gasteiger partial charge in [-0.1, -0.05) is 12.1 Å². The monoisotopic (exact) mass is 251 g/mol. The first-order chi connectivity index (χ1) is 8.68. The summed E-state index contributed by atoms with van der Waals surface area (Å²) in [5, 5.41) is 0. The molecule has 1 fully saturated rings. The van der Waals surface area contributed by atoms with E-state index in [0.29, 0.717) is 24.0 Å². The summed E-state index contributed by atoms with van der Waals surface area (Å²) in [5.41, 5.74) is 0.384. The summed E-state index contributed by atoms with van der Waals surface area (Å²) in [6, 6.07) is 3.38. The van der Waals surface area contributed by atoms with E-state index in [1.807, 2.05) is 0 Å². The lowest BCUT2D eigenvalue weighted by Gasteiger charge is -2.16. The lowest BCUT2D eigenvalue weighted by molar-refractivity contribution is 0.180. The fourth-order valence-corrected chi connectivity index (χ4v) is 2.08. The number of hydrogen-bond acceptors (Lipinski definition) is 4. The molecule has 0 bridgehead atoms. The molecule has 18 heavy (non-hydrogen) atoms. The minimum Gasteiger partial charge on any atom is -0.493 e. The van der Waals surface area contributed by atoms with Crippen molar-refractivity contribution >= 4 is 6.08 Å². The SMILES string of the molecule is COCc1ccc(C2(N=C=O)CC2)c(OC)c1F. The topological polar surface area (TPSA) is 47.9 Å². The van der Waals surface area contributed by atoms with Gasteiger partial charge in [0, 0.05) is 18.2 Å². The first kappa shape index (κ1) is 12.7. The van der Waals surface area contributed by atoms with Crippen molar-refractivity contribution < 1.29 is 18.7 Å². The molecule has 0 N–H and O–H groups in total. The molecule has 5 heteroatoms. The fourth-order valence-electron chi connectivity index (χ4n) is 2.08. The van der Waals surface area contributed by atoms with E-state index >= 15 is 0 Å². The van der Waals surface area contributed by atoms with Crippen LogP contribution in [0.1, 0.15) is 24.0 Å². The van der Waals surface area contributed by atoms with Crippen LogP contribution < -0.4 is 4.74 Å². The van der Waals surface area contributed by atoms with Crippen LogP contribution in [0.5, 0.6) is 5.75 Å².